The Hall–Kier alpha value is -1.92. The van der Waals surface area contributed by atoms with Crippen LogP contribution in [0.25, 0.3) is 0 Å². The molecule has 0 radical (unpaired) electrons. The SMILES string of the molecule is CCCCCCCCCCCCCCCCCCCCC/C=C/C(O)C(CO)NC(=O)CC/C=C\C/C=C\CCCCCCCCOC(=O)CCCCCCCCCCCCCCCC. The highest BCUT2D eigenvalue weighted by Crippen LogP contribution is 2.17. The van der Waals surface area contributed by atoms with E-state index in [4.69, 9.17) is 4.74 Å². The zero-order valence-corrected chi connectivity index (χ0v) is 43.5. The largest absolute Gasteiger partial charge is 0.466 e. The van der Waals surface area contributed by atoms with Crippen molar-refractivity contribution in [1.29, 1.82) is 0 Å². The van der Waals surface area contributed by atoms with Gasteiger partial charge in [0.05, 0.1) is 25.4 Å². The molecule has 6 heteroatoms. The third kappa shape index (κ3) is 51.3. The average molecular weight is 915 g/mol. The summed E-state index contributed by atoms with van der Waals surface area (Å²) in [6.07, 6.45) is 67.5. The van der Waals surface area contributed by atoms with Crippen LogP contribution < -0.4 is 5.32 Å². The predicted molar refractivity (Wildman–Crippen MR) is 283 cm³/mol. The number of allylic oxidation sites excluding steroid dienone is 5. The number of aliphatic hydroxyl groups is 2. The maximum Gasteiger partial charge on any atom is 0.305 e. The predicted octanol–water partition coefficient (Wildman–Crippen LogP) is 17.6. The third-order valence-electron chi connectivity index (χ3n) is 13.2. The second kappa shape index (κ2) is 54.7. The van der Waals surface area contributed by atoms with E-state index in [-0.39, 0.29) is 18.5 Å². The molecule has 0 bridgehead atoms. The Balaban J connectivity index is 3.57. The lowest BCUT2D eigenvalue weighted by molar-refractivity contribution is -0.143. The maximum absolute atomic E-state index is 12.4. The molecule has 0 aliphatic rings. The van der Waals surface area contributed by atoms with Gasteiger partial charge in [-0.2, -0.15) is 0 Å². The van der Waals surface area contributed by atoms with E-state index < -0.39 is 12.1 Å². The molecule has 382 valence electrons. The van der Waals surface area contributed by atoms with Crippen molar-refractivity contribution in [2.75, 3.05) is 13.2 Å². The fraction of sp³-hybridized carbons (Fsp3) is 0.864. The van der Waals surface area contributed by atoms with E-state index >= 15 is 0 Å². The molecular weight excluding hydrogens is 803 g/mol. The Labute approximate surface area is 404 Å². The quantitative estimate of drug-likeness (QED) is 0.0321. The van der Waals surface area contributed by atoms with E-state index in [9.17, 15) is 19.8 Å². The number of esters is 1. The van der Waals surface area contributed by atoms with Crippen molar-refractivity contribution in [3.05, 3.63) is 36.5 Å². The molecule has 65 heavy (non-hydrogen) atoms. The van der Waals surface area contributed by atoms with Crippen LogP contribution in [0.15, 0.2) is 36.5 Å². The van der Waals surface area contributed by atoms with Gasteiger partial charge in [-0.25, -0.2) is 0 Å². The highest BCUT2D eigenvalue weighted by Gasteiger charge is 2.17. The molecule has 0 rings (SSSR count). The Morgan fingerprint density at radius 2 is 0.785 bits per heavy atom. The zero-order chi connectivity index (χ0) is 47.2. The van der Waals surface area contributed by atoms with Crippen LogP contribution in [0, 0.1) is 0 Å². The van der Waals surface area contributed by atoms with Crippen molar-refractivity contribution in [2.45, 2.75) is 315 Å². The van der Waals surface area contributed by atoms with Gasteiger partial charge in [0.1, 0.15) is 0 Å². The van der Waals surface area contributed by atoms with E-state index in [2.05, 4.69) is 37.4 Å². The molecule has 2 atom stereocenters. The van der Waals surface area contributed by atoms with E-state index in [1.807, 2.05) is 12.2 Å². The summed E-state index contributed by atoms with van der Waals surface area (Å²) in [6.45, 7) is 4.85. The van der Waals surface area contributed by atoms with Gasteiger partial charge in [0.25, 0.3) is 0 Å². The van der Waals surface area contributed by atoms with E-state index in [0.717, 1.165) is 51.4 Å². The molecule has 0 aromatic rings. The van der Waals surface area contributed by atoms with E-state index in [0.29, 0.717) is 25.9 Å². The number of rotatable bonds is 53. The normalized spacial score (nSPS) is 12.9. The smallest absolute Gasteiger partial charge is 0.305 e. The lowest BCUT2D eigenvalue weighted by atomic mass is 10.0. The Kier molecular flexibility index (Phi) is 53.1. The highest BCUT2D eigenvalue weighted by atomic mass is 16.5. The number of aliphatic hydroxyl groups excluding tert-OH is 2. The molecule has 6 nitrogen and oxygen atoms in total. The average Bonchev–Trinajstić information content (AvgIpc) is 3.31. The van der Waals surface area contributed by atoms with Crippen molar-refractivity contribution in [1.82, 2.24) is 5.32 Å². The van der Waals surface area contributed by atoms with Crippen molar-refractivity contribution in [3.8, 4) is 0 Å². The fourth-order valence-electron chi connectivity index (χ4n) is 8.74. The molecule has 2 unspecified atom stereocenters. The lowest BCUT2D eigenvalue weighted by Crippen LogP contribution is -2.45. The van der Waals surface area contributed by atoms with Crippen molar-refractivity contribution in [3.63, 3.8) is 0 Å². The van der Waals surface area contributed by atoms with Crippen LogP contribution >= 0.6 is 0 Å². The molecule has 0 spiro atoms. The minimum atomic E-state index is -0.880. The van der Waals surface area contributed by atoms with Crippen molar-refractivity contribution in [2.24, 2.45) is 0 Å². The Morgan fingerprint density at radius 1 is 0.431 bits per heavy atom. The topological polar surface area (TPSA) is 95.9 Å². The van der Waals surface area contributed by atoms with Crippen molar-refractivity contribution >= 4 is 11.9 Å². The summed E-state index contributed by atoms with van der Waals surface area (Å²) < 4.78 is 5.46. The second-order valence-electron chi connectivity index (χ2n) is 19.6. The van der Waals surface area contributed by atoms with Gasteiger partial charge < -0.3 is 20.3 Å². The van der Waals surface area contributed by atoms with Crippen LogP contribution in [0.2, 0.25) is 0 Å². The molecule has 0 saturated carbocycles. The fourth-order valence-corrected chi connectivity index (χ4v) is 8.74. The molecule has 0 aromatic carbocycles. The summed E-state index contributed by atoms with van der Waals surface area (Å²) in [5.41, 5.74) is 0. The summed E-state index contributed by atoms with van der Waals surface area (Å²) in [5.74, 6) is -0.162. The van der Waals surface area contributed by atoms with Gasteiger partial charge in [0.15, 0.2) is 0 Å². The zero-order valence-electron chi connectivity index (χ0n) is 43.5. The Bertz CT molecular complexity index is 1060. The molecule has 0 aliphatic carbocycles. The first-order valence-electron chi connectivity index (χ1n) is 28.8. The van der Waals surface area contributed by atoms with Gasteiger partial charge >= 0.3 is 5.97 Å². The van der Waals surface area contributed by atoms with E-state index in [1.54, 1.807) is 6.08 Å². The standard InChI is InChI=1S/C59H111NO5/c1-3-5-7-9-11-13-15-17-19-20-21-22-23-24-25-27-31-35-39-43-47-51-57(62)56(55-61)60-58(63)52-48-44-40-36-32-28-26-30-34-38-42-46-50-54-65-59(64)53-49-45-41-37-33-29-18-16-14-12-10-8-6-4-2/h28,32,40,44,47,51,56-57,61-62H,3-27,29-31,33-39,41-43,45-46,48-50,52-55H2,1-2H3,(H,60,63)/b32-28-,44-40-,51-47+. The van der Waals surface area contributed by atoms with Crippen LogP contribution in [0.1, 0.15) is 303 Å². The Morgan fingerprint density at radius 3 is 1.20 bits per heavy atom. The van der Waals surface area contributed by atoms with Gasteiger partial charge in [0.2, 0.25) is 5.91 Å². The number of ether oxygens (including phenoxy) is 1. The minimum absolute atomic E-state index is 0.0161. The number of hydrogen-bond donors (Lipinski definition) is 3. The minimum Gasteiger partial charge on any atom is -0.466 e. The van der Waals surface area contributed by atoms with Crippen molar-refractivity contribution < 1.29 is 24.5 Å². The first-order chi connectivity index (χ1) is 32.0. The molecule has 0 aromatic heterocycles. The van der Waals surface area contributed by atoms with Crippen LogP contribution in [0.3, 0.4) is 0 Å². The number of nitrogens with one attached hydrogen (secondary N) is 1. The van der Waals surface area contributed by atoms with Gasteiger partial charge in [-0.1, -0.05) is 275 Å². The molecular formula is C59H111NO5. The number of unbranched alkanes of at least 4 members (excludes halogenated alkanes) is 38. The van der Waals surface area contributed by atoms with Gasteiger partial charge in [0, 0.05) is 12.8 Å². The lowest BCUT2D eigenvalue weighted by Gasteiger charge is -2.19. The van der Waals surface area contributed by atoms with Crippen LogP contribution in [0.4, 0.5) is 0 Å². The molecule has 0 saturated heterocycles. The van der Waals surface area contributed by atoms with Crippen LogP contribution in [0.5, 0.6) is 0 Å². The summed E-state index contributed by atoms with van der Waals surface area (Å²) in [6, 6.07) is -0.672. The monoisotopic (exact) mass is 914 g/mol. The van der Waals surface area contributed by atoms with Gasteiger partial charge in [-0.15, -0.1) is 0 Å². The maximum atomic E-state index is 12.4. The summed E-state index contributed by atoms with van der Waals surface area (Å²) in [4.78, 5) is 24.5. The molecule has 1 amide bonds. The number of carbonyl (C=O) groups is 2. The second-order valence-corrected chi connectivity index (χ2v) is 19.6. The van der Waals surface area contributed by atoms with Gasteiger partial charge in [-0.05, 0) is 51.4 Å². The number of hydrogen-bond acceptors (Lipinski definition) is 5. The molecule has 0 heterocycles. The third-order valence-corrected chi connectivity index (χ3v) is 13.2. The number of carbonyl (C=O) groups excluding carboxylic acids is 2. The first kappa shape index (κ1) is 63.1. The first-order valence-corrected chi connectivity index (χ1v) is 28.8. The summed E-state index contributed by atoms with van der Waals surface area (Å²) in [5, 5.41) is 23.1. The summed E-state index contributed by atoms with van der Waals surface area (Å²) >= 11 is 0. The molecule has 0 aliphatic heterocycles. The molecule has 3 N–H and O–H groups in total. The van der Waals surface area contributed by atoms with Gasteiger partial charge in [-0.3, -0.25) is 9.59 Å². The van der Waals surface area contributed by atoms with Crippen LogP contribution in [-0.4, -0.2) is 47.4 Å². The van der Waals surface area contributed by atoms with E-state index in [1.165, 1.54) is 218 Å². The molecule has 0 fully saturated rings. The van der Waals surface area contributed by atoms with Crippen LogP contribution in [-0.2, 0) is 14.3 Å². The summed E-state index contributed by atoms with van der Waals surface area (Å²) in [7, 11) is 0. The highest BCUT2D eigenvalue weighted by molar-refractivity contribution is 5.76. The number of amides is 1.